The number of anilines is 1. The number of nitrogens with zero attached hydrogens (tertiary/aromatic N) is 2. The minimum atomic E-state index is -0.344. The molecule has 0 saturated carbocycles. The van der Waals surface area contributed by atoms with Crippen LogP contribution in [0.1, 0.15) is 12.1 Å². The van der Waals surface area contributed by atoms with Crippen LogP contribution < -0.4 is 14.9 Å². The van der Waals surface area contributed by atoms with E-state index in [2.05, 4.69) is 10.3 Å². The fraction of sp³-hybridized carbons (Fsp3) is 0.167. The van der Waals surface area contributed by atoms with Gasteiger partial charge in [-0.2, -0.15) is 0 Å². The second-order valence-corrected chi connectivity index (χ2v) is 6.35. The van der Waals surface area contributed by atoms with Crippen molar-refractivity contribution in [2.75, 3.05) is 5.32 Å². The van der Waals surface area contributed by atoms with Gasteiger partial charge in [0.1, 0.15) is 11.6 Å². The lowest BCUT2D eigenvalue weighted by molar-refractivity contribution is -0.116. The van der Waals surface area contributed by atoms with Crippen molar-refractivity contribution in [2.45, 2.75) is 19.9 Å². The fourth-order valence-electron chi connectivity index (χ4n) is 2.25. The third-order valence-corrected chi connectivity index (χ3v) is 4.48. The summed E-state index contributed by atoms with van der Waals surface area (Å²) in [6.45, 7) is 2.17. The van der Waals surface area contributed by atoms with Crippen molar-refractivity contribution in [2.24, 2.45) is 0 Å². The van der Waals surface area contributed by atoms with Gasteiger partial charge in [0.25, 0.3) is 0 Å². The number of amides is 1. The monoisotopic (exact) mass is 373 g/mol. The molecule has 1 aromatic carbocycles. The summed E-state index contributed by atoms with van der Waals surface area (Å²) in [6.07, 6.45) is 1.66. The maximum absolute atomic E-state index is 12.9. The number of thiazole rings is 1. The summed E-state index contributed by atoms with van der Waals surface area (Å²) in [5.41, 5.74) is 1.37. The number of carbonyl (C=O) groups excluding carboxylic acids is 1. The molecule has 134 valence electrons. The van der Waals surface area contributed by atoms with Crippen LogP contribution in [-0.2, 0) is 11.3 Å². The molecule has 2 heterocycles. The highest BCUT2D eigenvalue weighted by atomic mass is 32.1. The topological polar surface area (TPSA) is 73.2 Å². The summed E-state index contributed by atoms with van der Waals surface area (Å²) in [5.74, 6) is 0.238. The van der Waals surface area contributed by atoms with Crippen molar-refractivity contribution < 1.29 is 13.9 Å². The quantitative estimate of drug-likeness (QED) is 0.717. The maximum atomic E-state index is 12.9. The van der Waals surface area contributed by atoms with Gasteiger partial charge in [-0.15, -0.1) is 0 Å². The number of halogens is 1. The van der Waals surface area contributed by atoms with Crippen LogP contribution in [0.15, 0.2) is 52.8 Å². The molecule has 1 amide bonds. The molecule has 0 fully saturated rings. The van der Waals surface area contributed by atoms with Crippen LogP contribution in [0.25, 0.3) is 0 Å². The lowest BCUT2D eigenvalue weighted by Crippen LogP contribution is -2.20. The maximum Gasteiger partial charge on any atom is 0.307 e. The standard InChI is InChI=1S/C18H16FN3O3S/c1-12-11-26-18(24)22(12)9-8-16(23)21-14-4-7-17(20-10-14)25-15-5-2-13(19)3-6-15/h2-7,10-11H,8-9H2,1H3,(H,21,23). The molecule has 6 nitrogen and oxygen atoms in total. The first kappa shape index (κ1) is 17.8. The van der Waals surface area contributed by atoms with Gasteiger partial charge < -0.3 is 14.6 Å². The second-order valence-electron chi connectivity index (χ2n) is 5.53. The van der Waals surface area contributed by atoms with E-state index in [9.17, 15) is 14.0 Å². The van der Waals surface area contributed by atoms with Crippen LogP contribution in [-0.4, -0.2) is 15.5 Å². The van der Waals surface area contributed by atoms with Gasteiger partial charge in [0.2, 0.25) is 11.8 Å². The summed E-state index contributed by atoms with van der Waals surface area (Å²) in [6, 6.07) is 8.86. The highest BCUT2D eigenvalue weighted by molar-refractivity contribution is 7.07. The van der Waals surface area contributed by atoms with Crippen molar-refractivity contribution >= 4 is 22.9 Å². The van der Waals surface area contributed by atoms with E-state index in [1.807, 2.05) is 6.92 Å². The van der Waals surface area contributed by atoms with E-state index >= 15 is 0 Å². The number of carbonyl (C=O) groups is 1. The molecule has 0 radical (unpaired) electrons. The number of hydrogen-bond donors (Lipinski definition) is 1. The molecule has 0 spiro atoms. The fourth-order valence-corrected chi connectivity index (χ4v) is 3.01. The summed E-state index contributed by atoms with van der Waals surface area (Å²) in [4.78, 5) is 27.7. The Labute approximate surface area is 152 Å². The SMILES string of the molecule is Cc1csc(=O)n1CCC(=O)Nc1ccc(Oc2ccc(F)cc2)nc1. The number of nitrogens with one attached hydrogen (secondary N) is 1. The molecule has 0 aliphatic rings. The molecule has 3 rings (SSSR count). The van der Waals surface area contributed by atoms with E-state index in [1.165, 1.54) is 30.5 Å². The third kappa shape index (κ3) is 4.54. The van der Waals surface area contributed by atoms with Crippen LogP contribution in [0, 0.1) is 12.7 Å². The summed E-state index contributed by atoms with van der Waals surface area (Å²) in [7, 11) is 0. The van der Waals surface area contributed by atoms with Crippen LogP contribution in [0.2, 0.25) is 0 Å². The van der Waals surface area contributed by atoms with Crippen molar-refractivity contribution in [3.8, 4) is 11.6 Å². The Hall–Kier alpha value is -3.00. The molecule has 0 aliphatic carbocycles. The summed E-state index contributed by atoms with van der Waals surface area (Å²) < 4.78 is 19.9. The average molecular weight is 373 g/mol. The first-order valence-corrected chi connectivity index (χ1v) is 8.73. The first-order chi connectivity index (χ1) is 12.5. The third-order valence-electron chi connectivity index (χ3n) is 3.60. The molecule has 2 aromatic heterocycles. The van der Waals surface area contributed by atoms with Gasteiger partial charge >= 0.3 is 4.87 Å². The van der Waals surface area contributed by atoms with Crippen LogP contribution in [0.3, 0.4) is 0 Å². The summed E-state index contributed by atoms with van der Waals surface area (Å²) in [5, 5.41) is 4.49. The van der Waals surface area contributed by atoms with E-state index in [0.29, 0.717) is 23.9 Å². The van der Waals surface area contributed by atoms with Gasteiger partial charge in [-0.05, 0) is 37.3 Å². The van der Waals surface area contributed by atoms with Gasteiger partial charge in [0.15, 0.2) is 0 Å². The Bertz CT molecular complexity index is 949. The zero-order valence-corrected chi connectivity index (χ0v) is 14.8. The van der Waals surface area contributed by atoms with E-state index in [-0.39, 0.29) is 23.0 Å². The number of rotatable bonds is 6. The predicted octanol–water partition coefficient (Wildman–Crippen LogP) is 3.57. The lowest BCUT2D eigenvalue weighted by Gasteiger charge is -2.08. The highest BCUT2D eigenvalue weighted by Gasteiger charge is 2.07. The lowest BCUT2D eigenvalue weighted by atomic mass is 10.3. The molecule has 0 saturated heterocycles. The zero-order valence-electron chi connectivity index (χ0n) is 13.9. The number of pyridine rings is 1. The Morgan fingerprint density at radius 1 is 1.27 bits per heavy atom. The second kappa shape index (κ2) is 7.92. The van der Waals surface area contributed by atoms with Gasteiger partial charge in [0.05, 0.1) is 11.9 Å². The van der Waals surface area contributed by atoms with Gasteiger partial charge in [-0.3, -0.25) is 9.59 Å². The smallest absolute Gasteiger partial charge is 0.307 e. The molecule has 8 heteroatoms. The molecule has 0 bridgehead atoms. The molecule has 0 unspecified atom stereocenters. The zero-order chi connectivity index (χ0) is 18.5. The Morgan fingerprint density at radius 3 is 2.65 bits per heavy atom. The van der Waals surface area contributed by atoms with Crippen LogP contribution in [0.4, 0.5) is 10.1 Å². The van der Waals surface area contributed by atoms with Gasteiger partial charge in [-0.1, -0.05) is 11.3 Å². The molecule has 1 N–H and O–H groups in total. The molecular weight excluding hydrogens is 357 g/mol. The molecular formula is C18H16FN3O3S. The van der Waals surface area contributed by atoms with E-state index in [0.717, 1.165) is 17.0 Å². The number of hydrogen-bond acceptors (Lipinski definition) is 5. The predicted molar refractivity (Wildman–Crippen MR) is 97.3 cm³/mol. The normalized spacial score (nSPS) is 10.5. The van der Waals surface area contributed by atoms with E-state index in [4.69, 9.17) is 4.74 Å². The van der Waals surface area contributed by atoms with Gasteiger partial charge in [0, 0.05) is 30.1 Å². The molecule has 3 aromatic rings. The number of aromatic nitrogens is 2. The van der Waals surface area contributed by atoms with Crippen molar-refractivity contribution in [1.82, 2.24) is 9.55 Å². The van der Waals surface area contributed by atoms with E-state index < -0.39 is 0 Å². The minimum Gasteiger partial charge on any atom is -0.439 e. The van der Waals surface area contributed by atoms with Gasteiger partial charge in [-0.25, -0.2) is 9.37 Å². The number of aryl methyl sites for hydroxylation is 1. The Morgan fingerprint density at radius 2 is 2.04 bits per heavy atom. The Balaban J connectivity index is 1.54. The largest absolute Gasteiger partial charge is 0.439 e. The summed E-state index contributed by atoms with van der Waals surface area (Å²) >= 11 is 1.12. The average Bonchev–Trinajstić information content (AvgIpc) is 2.95. The van der Waals surface area contributed by atoms with E-state index in [1.54, 1.807) is 22.1 Å². The first-order valence-electron chi connectivity index (χ1n) is 7.85. The Kier molecular flexibility index (Phi) is 5.43. The molecule has 0 aliphatic heterocycles. The van der Waals surface area contributed by atoms with Crippen LogP contribution >= 0.6 is 11.3 Å². The highest BCUT2D eigenvalue weighted by Crippen LogP contribution is 2.20. The minimum absolute atomic E-state index is 0.0701. The van der Waals surface area contributed by atoms with Crippen molar-refractivity contribution in [3.05, 3.63) is 69.2 Å². The molecule has 26 heavy (non-hydrogen) atoms. The van der Waals surface area contributed by atoms with Crippen molar-refractivity contribution in [1.29, 1.82) is 0 Å². The number of ether oxygens (including phenoxy) is 1. The van der Waals surface area contributed by atoms with Crippen molar-refractivity contribution in [3.63, 3.8) is 0 Å². The van der Waals surface area contributed by atoms with Crippen LogP contribution in [0.5, 0.6) is 11.6 Å². The number of benzene rings is 1. The molecule has 0 atom stereocenters.